The van der Waals surface area contributed by atoms with Gasteiger partial charge in [0, 0.05) is 17.3 Å². The minimum Gasteiger partial charge on any atom is -0.475 e. The van der Waals surface area contributed by atoms with Gasteiger partial charge in [-0.3, -0.25) is 19.7 Å². The maximum Gasteiger partial charge on any atom is 0.344 e. The maximum atomic E-state index is 12.1. The minimum absolute atomic E-state index is 0.0809. The van der Waals surface area contributed by atoms with Crippen LogP contribution < -0.4 is 10.1 Å². The zero-order chi connectivity index (χ0) is 20.7. The van der Waals surface area contributed by atoms with Crippen molar-refractivity contribution in [3.8, 4) is 5.75 Å². The van der Waals surface area contributed by atoms with Crippen molar-refractivity contribution in [2.75, 3.05) is 11.9 Å². The smallest absolute Gasteiger partial charge is 0.344 e. The summed E-state index contributed by atoms with van der Waals surface area (Å²) in [6.07, 6.45) is -1.14. The number of nitro groups is 1. The van der Waals surface area contributed by atoms with Crippen molar-refractivity contribution in [3.05, 3.63) is 64.2 Å². The van der Waals surface area contributed by atoms with Crippen molar-refractivity contribution < 1.29 is 28.8 Å². The minimum atomic E-state index is -1.14. The summed E-state index contributed by atoms with van der Waals surface area (Å²) in [5.74, 6) is -1.69. The predicted octanol–water partition coefficient (Wildman–Crippen LogP) is 2.75. The Kier molecular flexibility index (Phi) is 6.80. The predicted molar refractivity (Wildman–Crippen MR) is 99.2 cm³/mol. The molecule has 0 unspecified atom stereocenters. The molecule has 9 heteroatoms. The van der Waals surface area contributed by atoms with Gasteiger partial charge in [0.25, 0.3) is 5.91 Å². The summed E-state index contributed by atoms with van der Waals surface area (Å²) in [5, 5.41) is 13.5. The van der Waals surface area contributed by atoms with Gasteiger partial charge in [0.2, 0.25) is 0 Å². The van der Waals surface area contributed by atoms with E-state index in [0.717, 1.165) is 0 Å². The van der Waals surface area contributed by atoms with Crippen LogP contribution in [0.1, 0.15) is 24.2 Å². The van der Waals surface area contributed by atoms with Crippen molar-refractivity contribution in [2.24, 2.45) is 0 Å². The van der Waals surface area contributed by atoms with Gasteiger partial charge in [0.1, 0.15) is 0 Å². The lowest BCUT2D eigenvalue weighted by atomic mass is 10.1. The molecule has 0 aliphatic rings. The van der Waals surface area contributed by atoms with Crippen LogP contribution in [0.15, 0.2) is 48.5 Å². The van der Waals surface area contributed by atoms with Crippen LogP contribution in [0.3, 0.4) is 0 Å². The van der Waals surface area contributed by atoms with Gasteiger partial charge in [0.15, 0.2) is 24.2 Å². The first-order valence-corrected chi connectivity index (χ1v) is 8.25. The van der Waals surface area contributed by atoms with Gasteiger partial charge in [-0.15, -0.1) is 0 Å². The molecular weight excluding hydrogens is 368 g/mol. The molecule has 28 heavy (non-hydrogen) atoms. The Morgan fingerprint density at radius 2 is 1.86 bits per heavy atom. The van der Waals surface area contributed by atoms with Gasteiger partial charge >= 0.3 is 11.7 Å². The fraction of sp³-hybridized carbons (Fsp3) is 0.211. The topological polar surface area (TPSA) is 125 Å². The summed E-state index contributed by atoms with van der Waals surface area (Å²) >= 11 is 0. The molecule has 0 saturated heterocycles. The second kappa shape index (κ2) is 9.26. The SMILES string of the molecule is CC(=O)c1cccc(NC(=O)[C@@H](C)OC(=O)COc2ccccc2[N+](=O)[O-])c1. The van der Waals surface area contributed by atoms with E-state index in [1.807, 2.05) is 0 Å². The molecule has 0 spiro atoms. The van der Waals surface area contributed by atoms with Gasteiger partial charge in [-0.05, 0) is 32.0 Å². The summed E-state index contributed by atoms with van der Waals surface area (Å²) in [6.45, 7) is 2.18. The number of Topliss-reactive ketones (excluding diaryl/α,β-unsaturated/α-hetero) is 1. The van der Waals surface area contributed by atoms with Crippen LogP contribution in [0.2, 0.25) is 0 Å². The molecule has 0 fully saturated rings. The number of esters is 1. The van der Waals surface area contributed by atoms with Crippen molar-refractivity contribution in [3.63, 3.8) is 0 Å². The molecule has 2 aromatic rings. The molecule has 1 atom stereocenters. The number of carbonyl (C=O) groups is 3. The largest absolute Gasteiger partial charge is 0.475 e. The maximum absolute atomic E-state index is 12.1. The number of hydrogen-bond acceptors (Lipinski definition) is 7. The van der Waals surface area contributed by atoms with E-state index in [-0.39, 0.29) is 17.2 Å². The van der Waals surface area contributed by atoms with Gasteiger partial charge < -0.3 is 14.8 Å². The van der Waals surface area contributed by atoms with Crippen LogP contribution in [0.25, 0.3) is 0 Å². The number of rotatable bonds is 8. The number of nitrogens with zero attached hydrogens (tertiary/aromatic N) is 1. The number of anilines is 1. The molecule has 9 nitrogen and oxygen atoms in total. The highest BCUT2D eigenvalue weighted by Crippen LogP contribution is 2.25. The molecule has 0 radical (unpaired) electrons. The highest BCUT2D eigenvalue weighted by Gasteiger charge is 2.20. The normalized spacial score (nSPS) is 11.2. The highest BCUT2D eigenvalue weighted by atomic mass is 16.6. The van der Waals surface area contributed by atoms with Crippen LogP contribution in [0.4, 0.5) is 11.4 Å². The molecule has 2 aromatic carbocycles. The van der Waals surface area contributed by atoms with Gasteiger partial charge in [-0.25, -0.2) is 4.79 Å². The summed E-state index contributed by atoms with van der Waals surface area (Å²) in [7, 11) is 0. The monoisotopic (exact) mass is 386 g/mol. The zero-order valence-corrected chi connectivity index (χ0v) is 15.2. The van der Waals surface area contributed by atoms with Gasteiger partial charge in [-0.1, -0.05) is 24.3 Å². The number of benzene rings is 2. The standard InChI is InChI=1S/C19H18N2O7/c1-12(22)14-6-5-7-15(10-14)20-19(24)13(2)28-18(23)11-27-17-9-4-3-8-16(17)21(25)26/h3-10,13H,11H2,1-2H3,(H,20,24)/t13-/m1/s1. The lowest BCUT2D eigenvalue weighted by molar-refractivity contribution is -0.385. The quantitative estimate of drug-likeness (QED) is 0.320. The Morgan fingerprint density at radius 1 is 1.14 bits per heavy atom. The van der Waals surface area contributed by atoms with Crippen molar-refractivity contribution in [1.29, 1.82) is 0 Å². The van der Waals surface area contributed by atoms with Crippen LogP contribution in [0.5, 0.6) is 5.75 Å². The molecule has 0 aliphatic heterocycles. The molecule has 0 aliphatic carbocycles. The van der Waals surface area contributed by atoms with Crippen LogP contribution in [0, 0.1) is 10.1 Å². The lowest BCUT2D eigenvalue weighted by Gasteiger charge is -2.14. The number of ether oxygens (including phenoxy) is 2. The van der Waals surface area contributed by atoms with E-state index in [2.05, 4.69) is 5.32 Å². The number of para-hydroxylation sites is 2. The van der Waals surface area contributed by atoms with E-state index in [9.17, 15) is 24.5 Å². The number of ketones is 1. The number of carbonyl (C=O) groups excluding carboxylic acids is 3. The van der Waals surface area contributed by atoms with Crippen LogP contribution >= 0.6 is 0 Å². The average Bonchev–Trinajstić information content (AvgIpc) is 2.66. The van der Waals surface area contributed by atoms with Crippen molar-refractivity contribution >= 4 is 29.0 Å². The fourth-order valence-electron chi connectivity index (χ4n) is 2.21. The third kappa shape index (κ3) is 5.63. The van der Waals surface area contributed by atoms with E-state index in [0.29, 0.717) is 11.3 Å². The first-order chi connectivity index (χ1) is 13.3. The Morgan fingerprint density at radius 3 is 2.54 bits per heavy atom. The van der Waals surface area contributed by atoms with Crippen molar-refractivity contribution in [1.82, 2.24) is 0 Å². The van der Waals surface area contributed by atoms with E-state index in [1.54, 1.807) is 18.2 Å². The number of nitrogens with one attached hydrogen (secondary N) is 1. The molecule has 0 bridgehead atoms. The highest BCUT2D eigenvalue weighted by molar-refractivity contribution is 5.98. The summed E-state index contributed by atoms with van der Waals surface area (Å²) in [4.78, 5) is 45.7. The molecule has 0 saturated carbocycles. The molecule has 1 amide bonds. The molecule has 0 heterocycles. The molecule has 0 aromatic heterocycles. The Hall–Kier alpha value is -3.75. The summed E-state index contributed by atoms with van der Waals surface area (Å²) < 4.78 is 10.1. The Labute approximate surface area is 160 Å². The van der Waals surface area contributed by atoms with Gasteiger partial charge in [0.05, 0.1) is 4.92 Å². The third-order valence-electron chi connectivity index (χ3n) is 3.62. The number of amides is 1. The zero-order valence-electron chi connectivity index (χ0n) is 15.2. The first-order valence-electron chi connectivity index (χ1n) is 8.25. The second-order valence-corrected chi connectivity index (χ2v) is 5.77. The summed E-state index contributed by atoms with van der Waals surface area (Å²) in [6, 6.07) is 11.9. The Bertz CT molecular complexity index is 911. The average molecular weight is 386 g/mol. The second-order valence-electron chi connectivity index (χ2n) is 5.77. The van der Waals surface area contributed by atoms with Crippen molar-refractivity contribution in [2.45, 2.75) is 20.0 Å². The van der Waals surface area contributed by atoms with E-state index < -0.39 is 29.5 Å². The van der Waals surface area contributed by atoms with Gasteiger partial charge in [-0.2, -0.15) is 0 Å². The fourth-order valence-corrected chi connectivity index (χ4v) is 2.21. The van der Waals surface area contributed by atoms with Crippen LogP contribution in [-0.2, 0) is 14.3 Å². The number of nitro benzene ring substituents is 1. The van der Waals surface area contributed by atoms with E-state index >= 15 is 0 Å². The molecule has 2 rings (SSSR count). The van der Waals surface area contributed by atoms with Crippen LogP contribution in [-0.4, -0.2) is 35.3 Å². The first kappa shape index (κ1) is 20.6. The lowest BCUT2D eigenvalue weighted by Crippen LogP contribution is -2.31. The van der Waals surface area contributed by atoms with E-state index in [4.69, 9.17) is 9.47 Å². The molecular formula is C19H18N2O7. The Balaban J connectivity index is 1.90. The van der Waals surface area contributed by atoms with E-state index in [1.165, 1.54) is 44.2 Å². The summed E-state index contributed by atoms with van der Waals surface area (Å²) in [5.41, 5.74) is 0.531. The third-order valence-corrected chi connectivity index (χ3v) is 3.62. The number of hydrogen-bond donors (Lipinski definition) is 1. The molecule has 146 valence electrons. The molecule has 1 N–H and O–H groups in total.